The zero-order chi connectivity index (χ0) is 20.5. The second-order valence-corrected chi connectivity index (χ2v) is 7.70. The van der Waals surface area contributed by atoms with Crippen LogP contribution in [0.3, 0.4) is 0 Å². The number of allylic oxidation sites excluding steroid dienone is 1. The minimum absolute atomic E-state index is 0.0584. The van der Waals surface area contributed by atoms with Gasteiger partial charge in [-0.2, -0.15) is 0 Å². The molecule has 1 saturated carbocycles. The molecule has 1 aliphatic carbocycles. The lowest BCUT2D eigenvalue weighted by Crippen LogP contribution is -2.41. The maximum absolute atomic E-state index is 12.6. The lowest BCUT2D eigenvalue weighted by atomic mass is 10.2. The summed E-state index contributed by atoms with van der Waals surface area (Å²) in [5.41, 5.74) is -0.972. The summed E-state index contributed by atoms with van der Waals surface area (Å²) in [6.07, 6.45) is 4.78. The molecule has 1 aliphatic rings. The van der Waals surface area contributed by atoms with Crippen LogP contribution in [0.2, 0.25) is 0 Å². The van der Waals surface area contributed by atoms with Gasteiger partial charge in [0.2, 0.25) is 0 Å². The maximum Gasteiger partial charge on any atom is 0.360 e. The third-order valence-electron chi connectivity index (χ3n) is 4.06. The van der Waals surface area contributed by atoms with E-state index in [1.165, 1.54) is 22.8 Å². The molecule has 0 radical (unpaired) electrons. The average Bonchev–Trinajstić information content (AvgIpc) is 3.44. The van der Waals surface area contributed by atoms with Crippen LogP contribution < -0.4 is 10.4 Å². The van der Waals surface area contributed by atoms with E-state index in [1.807, 2.05) is 0 Å². The highest BCUT2D eigenvalue weighted by Crippen LogP contribution is 2.34. The van der Waals surface area contributed by atoms with E-state index in [-0.39, 0.29) is 17.4 Å². The Morgan fingerprint density at radius 3 is 2.57 bits per heavy atom. The van der Waals surface area contributed by atoms with Gasteiger partial charge in [-0.3, -0.25) is 4.57 Å². The number of amides is 1. The number of benzene rings is 1. The molecule has 28 heavy (non-hydrogen) atoms. The van der Waals surface area contributed by atoms with Crippen LogP contribution in [0.4, 0.5) is 4.79 Å². The second-order valence-electron chi connectivity index (χ2n) is 6.05. The molecular formula is C17H18N4O6S. The summed E-state index contributed by atoms with van der Waals surface area (Å²) in [4.78, 5) is 36.4. The molecule has 0 aliphatic heterocycles. The topological polar surface area (TPSA) is 129 Å². The Bertz CT molecular complexity index is 1120. The van der Waals surface area contributed by atoms with Crippen molar-refractivity contribution >= 4 is 28.1 Å². The molecule has 3 rings (SSSR count). The van der Waals surface area contributed by atoms with Crippen molar-refractivity contribution in [1.29, 1.82) is 0 Å². The molecule has 1 aromatic heterocycles. The molecule has 11 heteroatoms. The SMILES string of the molecule is C/C=C/c1nn(C(=O)NS(=O)(=O)c2ccccc2C(=O)OC)c(=O)n1C1CC1. The minimum atomic E-state index is -4.46. The molecule has 0 bridgehead atoms. The van der Waals surface area contributed by atoms with Crippen LogP contribution in [0.1, 0.15) is 42.0 Å². The maximum atomic E-state index is 12.6. The zero-order valence-corrected chi connectivity index (χ0v) is 16.0. The van der Waals surface area contributed by atoms with E-state index in [2.05, 4.69) is 9.84 Å². The molecule has 0 unspecified atom stereocenters. The molecule has 1 heterocycles. The fraction of sp³-hybridized carbons (Fsp3) is 0.294. The van der Waals surface area contributed by atoms with Crippen molar-refractivity contribution in [3.63, 3.8) is 0 Å². The third kappa shape index (κ3) is 3.60. The van der Waals surface area contributed by atoms with Gasteiger partial charge in [0.15, 0.2) is 5.82 Å². The number of aromatic nitrogens is 3. The number of ether oxygens (including phenoxy) is 1. The van der Waals surface area contributed by atoms with E-state index < -0.39 is 32.6 Å². The smallest absolute Gasteiger partial charge is 0.360 e. The van der Waals surface area contributed by atoms with Crippen molar-refractivity contribution in [2.75, 3.05) is 7.11 Å². The average molecular weight is 406 g/mol. The Morgan fingerprint density at radius 1 is 1.29 bits per heavy atom. The first-order valence-electron chi connectivity index (χ1n) is 8.39. The third-order valence-corrected chi connectivity index (χ3v) is 5.44. The summed E-state index contributed by atoms with van der Waals surface area (Å²) < 4.78 is 33.4. The fourth-order valence-corrected chi connectivity index (χ4v) is 3.78. The monoisotopic (exact) mass is 406 g/mol. The van der Waals surface area contributed by atoms with Gasteiger partial charge in [0, 0.05) is 6.04 Å². The predicted octanol–water partition coefficient (Wildman–Crippen LogP) is 1.15. The number of methoxy groups -OCH3 is 1. The van der Waals surface area contributed by atoms with E-state index in [1.54, 1.807) is 23.8 Å². The lowest BCUT2D eigenvalue weighted by molar-refractivity contribution is 0.0596. The summed E-state index contributed by atoms with van der Waals surface area (Å²) in [5, 5.41) is 3.92. The van der Waals surface area contributed by atoms with Gasteiger partial charge < -0.3 is 4.74 Å². The number of nitrogens with one attached hydrogen (secondary N) is 1. The molecule has 148 valence electrons. The predicted molar refractivity (Wildman–Crippen MR) is 98.4 cm³/mol. The number of carbonyl (C=O) groups is 2. The number of sulfonamides is 1. The Kier molecular flexibility index (Phi) is 5.18. The van der Waals surface area contributed by atoms with Gasteiger partial charge in [-0.25, -0.2) is 27.5 Å². The molecule has 0 spiro atoms. The van der Waals surface area contributed by atoms with E-state index in [0.717, 1.165) is 26.0 Å². The summed E-state index contributed by atoms with van der Waals surface area (Å²) in [6.45, 7) is 1.73. The normalized spacial score (nSPS) is 14.2. The van der Waals surface area contributed by atoms with Crippen LogP contribution in [0.5, 0.6) is 0 Å². The Labute approximate surface area is 160 Å². The number of carbonyl (C=O) groups excluding carboxylic acids is 2. The second kappa shape index (κ2) is 7.43. The highest BCUT2D eigenvalue weighted by molar-refractivity contribution is 7.90. The van der Waals surface area contributed by atoms with Crippen molar-refractivity contribution in [1.82, 2.24) is 19.1 Å². The summed E-state index contributed by atoms with van der Waals surface area (Å²) in [6, 6.07) is 3.95. The first-order chi connectivity index (χ1) is 13.3. The Morgan fingerprint density at radius 2 is 1.96 bits per heavy atom. The van der Waals surface area contributed by atoms with Gasteiger partial charge in [0.1, 0.15) is 4.90 Å². The van der Waals surface area contributed by atoms with Crippen LogP contribution in [0.15, 0.2) is 40.0 Å². The van der Waals surface area contributed by atoms with Crippen LogP contribution in [-0.4, -0.2) is 41.9 Å². The highest BCUT2D eigenvalue weighted by atomic mass is 32.2. The summed E-state index contributed by atoms with van der Waals surface area (Å²) >= 11 is 0. The van der Waals surface area contributed by atoms with Gasteiger partial charge in [0.05, 0.1) is 12.7 Å². The van der Waals surface area contributed by atoms with Gasteiger partial charge in [-0.1, -0.05) is 18.2 Å². The van der Waals surface area contributed by atoms with Crippen LogP contribution >= 0.6 is 0 Å². The molecule has 0 saturated heterocycles. The van der Waals surface area contributed by atoms with Crippen molar-refractivity contribution in [3.8, 4) is 0 Å². The standard InChI is InChI=1S/C17H18N4O6S/c1-3-6-14-18-21(17(24)20(14)11-9-10-11)16(23)19-28(25,26)13-8-5-4-7-12(13)15(22)27-2/h3-8,11H,9-10H2,1-2H3,(H,19,23)/b6-3+. The van der Waals surface area contributed by atoms with Gasteiger partial charge in [-0.05, 0) is 38.0 Å². The van der Waals surface area contributed by atoms with E-state index in [4.69, 9.17) is 0 Å². The van der Waals surface area contributed by atoms with Gasteiger partial charge in [-0.15, -0.1) is 9.78 Å². The van der Waals surface area contributed by atoms with Crippen molar-refractivity contribution in [2.45, 2.75) is 30.7 Å². The number of nitrogens with zero attached hydrogens (tertiary/aromatic N) is 3. The first kappa shape index (κ1) is 19.5. The number of hydrogen-bond donors (Lipinski definition) is 1. The molecule has 2 aromatic rings. The van der Waals surface area contributed by atoms with E-state index in [9.17, 15) is 22.8 Å². The number of esters is 1. The van der Waals surface area contributed by atoms with Crippen molar-refractivity contribution in [3.05, 3.63) is 52.2 Å². The minimum Gasteiger partial charge on any atom is -0.465 e. The van der Waals surface area contributed by atoms with Crippen molar-refractivity contribution < 1.29 is 22.7 Å². The number of rotatable bonds is 5. The van der Waals surface area contributed by atoms with Crippen LogP contribution in [0, 0.1) is 0 Å². The molecule has 1 N–H and O–H groups in total. The fourth-order valence-electron chi connectivity index (χ4n) is 2.66. The molecule has 1 fully saturated rings. The first-order valence-corrected chi connectivity index (χ1v) is 9.87. The molecule has 1 amide bonds. The zero-order valence-electron chi connectivity index (χ0n) is 15.2. The van der Waals surface area contributed by atoms with Gasteiger partial charge >= 0.3 is 17.7 Å². The number of hydrogen-bond acceptors (Lipinski definition) is 7. The van der Waals surface area contributed by atoms with Gasteiger partial charge in [0.25, 0.3) is 10.0 Å². The summed E-state index contributed by atoms with van der Waals surface area (Å²) in [5.74, 6) is -0.614. The van der Waals surface area contributed by atoms with Crippen molar-refractivity contribution in [2.24, 2.45) is 0 Å². The Hall–Kier alpha value is -3.21. The summed E-state index contributed by atoms with van der Waals surface area (Å²) in [7, 11) is -3.35. The molecule has 0 atom stereocenters. The van der Waals surface area contributed by atoms with E-state index >= 15 is 0 Å². The Balaban J connectivity index is 1.97. The van der Waals surface area contributed by atoms with Crippen LogP contribution in [0.25, 0.3) is 6.08 Å². The van der Waals surface area contributed by atoms with Crippen LogP contribution in [-0.2, 0) is 14.8 Å². The molecule has 10 nitrogen and oxygen atoms in total. The lowest BCUT2D eigenvalue weighted by Gasteiger charge is -2.09. The molecule has 1 aromatic carbocycles. The van der Waals surface area contributed by atoms with E-state index in [0.29, 0.717) is 4.68 Å². The molecular weight excluding hydrogens is 388 g/mol. The largest absolute Gasteiger partial charge is 0.465 e. The highest BCUT2D eigenvalue weighted by Gasteiger charge is 2.32. The quantitative estimate of drug-likeness (QED) is 0.737.